The molecule has 9 heteroatoms. The minimum Gasteiger partial charge on any atom is -0.496 e. The number of methoxy groups -OCH3 is 1. The second-order valence-corrected chi connectivity index (χ2v) is 8.09. The molecule has 0 spiro atoms. The summed E-state index contributed by atoms with van der Waals surface area (Å²) in [4.78, 5) is 22.3. The van der Waals surface area contributed by atoms with E-state index in [0.29, 0.717) is 45.1 Å². The van der Waals surface area contributed by atoms with Crippen LogP contribution in [-0.2, 0) is 4.79 Å². The summed E-state index contributed by atoms with van der Waals surface area (Å²) in [6, 6.07) is 17.9. The fraction of sp³-hybridized carbons (Fsp3) is 0.120. The number of benzene rings is 2. The van der Waals surface area contributed by atoms with Crippen molar-refractivity contribution >= 4 is 29.1 Å². The van der Waals surface area contributed by atoms with Gasteiger partial charge < -0.3 is 15.4 Å². The molecule has 0 fully saturated rings. The van der Waals surface area contributed by atoms with E-state index in [2.05, 4.69) is 20.6 Å². The summed E-state index contributed by atoms with van der Waals surface area (Å²) in [5.74, 6) is 1.31. The molecule has 0 saturated carbocycles. The number of para-hydroxylation sites is 1. The Hall–Kier alpha value is -4.17. The van der Waals surface area contributed by atoms with Gasteiger partial charge in [-0.1, -0.05) is 41.9 Å². The molecule has 0 aliphatic carbocycles. The summed E-state index contributed by atoms with van der Waals surface area (Å²) in [5.41, 5.74) is 3.21. The van der Waals surface area contributed by atoms with Gasteiger partial charge in [-0.05, 0) is 37.3 Å². The number of rotatable bonds is 5. The van der Waals surface area contributed by atoms with Gasteiger partial charge in [0.15, 0.2) is 5.82 Å². The van der Waals surface area contributed by atoms with Crippen molar-refractivity contribution < 1.29 is 9.53 Å². The van der Waals surface area contributed by atoms with Crippen LogP contribution in [0.4, 0.5) is 11.6 Å². The Kier molecular flexibility index (Phi) is 5.73. The predicted octanol–water partition coefficient (Wildman–Crippen LogP) is 4.93. The zero-order valence-electron chi connectivity index (χ0n) is 18.5. The Morgan fingerprint density at radius 2 is 1.91 bits per heavy atom. The van der Waals surface area contributed by atoms with Crippen LogP contribution in [0.1, 0.15) is 18.5 Å². The Morgan fingerprint density at radius 3 is 2.68 bits per heavy atom. The largest absolute Gasteiger partial charge is 0.496 e. The number of carbonyl (C=O) groups is 1. The van der Waals surface area contributed by atoms with E-state index in [-0.39, 0.29) is 5.91 Å². The van der Waals surface area contributed by atoms with Crippen molar-refractivity contribution in [3.8, 4) is 17.1 Å². The number of aromatic nitrogens is 4. The number of pyridine rings is 1. The molecule has 0 saturated heterocycles. The number of hydrogen-bond donors (Lipinski definition) is 2. The average molecular weight is 473 g/mol. The number of carbonyl (C=O) groups excluding carboxylic acids is 1. The van der Waals surface area contributed by atoms with Crippen molar-refractivity contribution in [3.63, 3.8) is 0 Å². The van der Waals surface area contributed by atoms with E-state index in [1.54, 1.807) is 42.4 Å². The van der Waals surface area contributed by atoms with Crippen LogP contribution in [0.5, 0.6) is 5.75 Å². The highest BCUT2D eigenvalue weighted by molar-refractivity contribution is 6.33. The molecule has 3 heterocycles. The van der Waals surface area contributed by atoms with Gasteiger partial charge in [0.1, 0.15) is 11.8 Å². The van der Waals surface area contributed by atoms with E-state index in [4.69, 9.17) is 21.4 Å². The fourth-order valence-electron chi connectivity index (χ4n) is 4.02. The molecule has 1 aliphatic rings. The quantitative estimate of drug-likeness (QED) is 0.427. The summed E-state index contributed by atoms with van der Waals surface area (Å²) in [7, 11) is 1.60. The molecule has 1 aliphatic heterocycles. The maximum absolute atomic E-state index is 13.5. The lowest BCUT2D eigenvalue weighted by molar-refractivity contribution is -0.113. The van der Waals surface area contributed by atoms with Crippen LogP contribution >= 0.6 is 11.6 Å². The maximum Gasteiger partial charge on any atom is 0.255 e. The standard InChI is InChI=1S/C25H21ClN6O2/c1-15-21(24(33)29-16-8-7-13-27-14-16)22(18-10-4-6-12-20(18)34-2)32-25(28-15)30-23(31-32)17-9-3-5-11-19(17)26/h3-14,22H,1-2H3,(H,29,33)(H,28,30,31). The fourth-order valence-corrected chi connectivity index (χ4v) is 4.24. The molecule has 1 unspecified atom stereocenters. The number of hydrogen-bond acceptors (Lipinski definition) is 6. The van der Waals surface area contributed by atoms with E-state index in [1.165, 1.54) is 0 Å². The predicted molar refractivity (Wildman–Crippen MR) is 131 cm³/mol. The van der Waals surface area contributed by atoms with Crippen LogP contribution < -0.4 is 15.4 Å². The first-order valence-electron chi connectivity index (χ1n) is 10.6. The van der Waals surface area contributed by atoms with E-state index in [0.717, 1.165) is 5.56 Å². The van der Waals surface area contributed by atoms with Crippen LogP contribution in [0.2, 0.25) is 5.02 Å². The molecule has 1 amide bonds. The van der Waals surface area contributed by atoms with Crippen molar-refractivity contribution in [3.05, 3.63) is 94.9 Å². The van der Waals surface area contributed by atoms with Gasteiger partial charge in [0.25, 0.3) is 5.91 Å². The molecule has 34 heavy (non-hydrogen) atoms. The van der Waals surface area contributed by atoms with Gasteiger partial charge in [0.05, 0.1) is 29.6 Å². The zero-order valence-corrected chi connectivity index (χ0v) is 19.2. The SMILES string of the molecule is COc1ccccc1C1C(C(=O)Nc2cccnc2)=C(C)Nc2nc(-c3ccccc3Cl)nn21. The number of nitrogens with one attached hydrogen (secondary N) is 2. The molecule has 1 atom stereocenters. The number of nitrogens with zero attached hydrogens (tertiary/aromatic N) is 4. The van der Waals surface area contributed by atoms with E-state index >= 15 is 0 Å². The first kappa shape index (κ1) is 21.7. The van der Waals surface area contributed by atoms with Crippen LogP contribution in [0, 0.1) is 0 Å². The molecular weight excluding hydrogens is 452 g/mol. The third-order valence-electron chi connectivity index (χ3n) is 5.56. The second-order valence-electron chi connectivity index (χ2n) is 7.69. The number of amides is 1. The first-order chi connectivity index (χ1) is 16.6. The first-order valence-corrected chi connectivity index (χ1v) is 11.0. The summed E-state index contributed by atoms with van der Waals surface area (Å²) >= 11 is 6.41. The van der Waals surface area contributed by atoms with E-state index < -0.39 is 6.04 Å². The van der Waals surface area contributed by atoms with Crippen molar-refractivity contribution in [2.45, 2.75) is 13.0 Å². The third-order valence-corrected chi connectivity index (χ3v) is 5.89. The Morgan fingerprint density at radius 1 is 1.12 bits per heavy atom. The van der Waals surface area contributed by atoms with Gasteiger partial charge >= 0.3 is 0 Å². The zero-order chi connectivity index (χ0) is 23.7. The van der Waals surface area contributed by atoms with Crippen molar-refractivity contribution in [2.75, 3.05) is 17.7 Å². The van der Waals surface area contributed by atoms with E-state index in [9.17, 15) is 4.79 Å². The highest BCUT2D eigenvalue weighted by Gasteiger charge is 2.36. The number of ether oxygens (including phenoxy) is 1. The lowest BCUT2D eigenvalue weighted by atomic mass is 9.94. The minimum absolute atomic E-state index is 0.283. The number of anilines is 2. The molecule has 8 nitrogen and oxygen atoms in total. The molecule has 5 rings (SSSR count). The van der Waals surface area contributed by atoms with Gasteiger partial charge in [0, 0.05) is 23.0 Å². The normalized spacial score (nSPS) is 14.9. The topological polar surface area (TPSA) is 94.0 Å². The van der Waals surface area contributed by atoms with Crippen LogP contribution in [-0.4, -0.2) is 32.8 Å². The number of halogens is 1. The second kappa shape index (κ2) is 8.99. The van der Waals surface area contributed by atoms with Gasteiger partial charge in [-0.15, -0.1) is 5.10 Å². The molecule has 0 radical (unpaired) electrons. The van der Waals surface area contributed by atoms with Gasteiger partial charge in [0.2, 0.25) is 5.95 Å². The van der Waals surface area contributed by atoms with Crippen LogP contribution in [0.25, 0.3) is 11.4 Å². The van der Waals surface area contributed by atoms with Crippen molar-refractivity contribution in [2.24, 2.45) is 0 Å². The highest BCUT2D eigenvalue weighted by Crippen LogP contribution is 2.40. The third kappa shape index (κ3) is 3.88. The summed E-state index contributed by atoms with van der Waals surface area (Å²) in [6.45, 7) is 1.84. The molecule has 2 N–H and O–H groups in total. The van der Waals surface area contributed by atoms with Gasteiger partial charge in [-0.3, -0.25) is 9.78 Å². The maximum atomic E-state index is 13.5. The van der Waals surface area contributed by atoms with Gasteiger partial charge in [-0.25, -0.2) is 4.68 Å². The molecule has 170 valence electrons. The van der Waals surface area contributed by atoms with Crippen molar-refractivity contribution in [1.29, 1.82) is 0 Å². The molecule has 4 aromatic rings. The summed E-state index contributed by atoms with van der Waals surface area (Å²) in [5, 5.41) is 11.5. The van der Waals surface area contributed by atoms with E-state index in [1.807, 2.05) is 49.4 Å². The molecular formula is C25H21ClN6O2. The summed E-state index contributed by atoms with van der Waals surface area (Å²) < 4.78 is 7.33. The average Bonchev–Trinajstić information content (AvgIpc) is 3.27. The monoisotopic (exact) mass is 472 g/mol. The van der Waals surface area contributed by atoms with Crippen LogP contribution in [0.3, 0.4) is 0 Å². The van der Waals surface area contributed by atoms with Crippen molar-refractivity contribution in [1.82, 2.24) is 19.7 Å². The lowest BCUT2D eigenvalue weighted by Crippen LogP contribution is -2.31. The molecule has 0 bridgehead atoms. The Labute approximate surface area is 201 Å². The lowest BCUT2D eigenvalue weighted by Gasteiger charge is -2.29. The highest BCUT2D eigenvalue weighted by atomic mass is 35.5. The van der Waals surface area contributed by atoms with Crippen LogP contribution in [0.15, 0.2) is 84.3 Å². The molecule has 2 aromatic carbocycles. The molecule has 2 aromatic heterocycles. The Balaban J connectivity index is 1.65. The smallest absolute Gasteiger partial charge is 0.255 e. The number of allylic oxidation sites excluding steroid dienone is 1. The Bertz CT molecular complexity index is 1400. The summed E-state index contributed by atoms with van der Waals surface area (Å²) in [6.07, 6.45) is 3.25. The number of fused-ring (bicyclic) bond motifs is 1. The minimum atomic E-state index is -0.590. The van der Waals surface area contributed by atoms with Gasteiger partial charge in [-0.2, -0.15) is 4.98 Å².